The molecule has 1 aromatic heterocycles. The predicted octanol–water partition coefficient (Wildman–Crippen LogP) is 0.823. The van der Waals surface area contributed by atoms with Gasteiger partial charge in [-0.2, -0.15) is 5.10 Å². The van der Waals surface area contributed by atoms with Crippen molar-refractivity contribution in [2.45, 2.75) is 12.8 Å². The van der Waals surface area contributed by atoms with E-state index < -0.39 is 27.8 Å². The average Bonchev–Trinajstić information content (AvgIpc) is 3.25. The van der Waals surface area contributed by atoms with Crippen LogP contribution in [0.5, 0.6) is 0 Å². The van der Waals surface area contributed by atoms with Crippen LogP contribution in [0.25, 0.3) is 11.3 Å². The average molecular weight is 379 g/mol. The minimum atomic E-state index is -3.44. The summed E-state index contributed by atoms with van der Waals surface area (Å²) in [6.07, 6.45) is 2.13. The fraction of sp³-hybridized carbons (Fsp3) is 0.412. The summed E-state index contributed by atoms with van der Waals surface area (Å²) in [5.41, 5.74) is 2.51. The third-order valence-electron chi connectivity index (χ3n) is 3.94. The maximum absolute atomic E-state index is 12.5. The summed E-state index contributed by atoms with van der Waals surface area (Å²) >= 11 is 0. The molecule has 0 bridgehead atoms. The first-order chi connectivity index (χ1) is 12.4. The Morgan fingerprint density at radius 2 is 1.96 bits per heavy atom. The van der Waals surface area contributed by atoms with E-state index in [-0.39, 0.29) is 13.1 Å². The van der Waals surface area contributed by atoms with Crippen LogP contribution in [0.15, 0.2) is 36.5 Å². The van der Waals surface area contributed by atoms with Gasteiger partial charge in [-0.25, -0.2) is 8.42 Å². The highest BCUT2D eigenvalue weighted by molar-refractivity contribution is 7.91. The van der Waals surface area contributed by atoms with Crippen LogP contribution in [0.2, 0.25) is 0 Å². The van der Waals surface area contributed by atoms with Gasteiger partial charge in [0.1, 0.15) is 5.75 Å². The fourth-order valence-electron chi connectivity index (χ4n) is 2.75. The van der Waals surface area contributed by atoms with E-state index in [0.717, 1.165) is 23.1 Å². The molecule has 2 heterocycles. The van der Waals surface area contributed by atoms with Crippen LogP contribution in [0.3, 0.4) is 0 Å². The lowest BCUT2D eigenvalue weighted by molar-refractivity contribution is -0.135. The number of sulfone groups is 1. The van der Waals surface area contributed by atoms with Crippen molar-refractivity contribution >= 4 is 15.7 Å². The first kappa shape index (κ1) is 18.6. The summed E-state index contributed by atoms with van der Waals surface area (Å²) in [5.74, 6) is -1.05. The van der Waals surface area contributed by atoms with E-state index in [2.05, 4.69) is 10.2 Å². The number of H-pyrrole nitrogens is 1. The molecule has 1 aromatic carbocycles. The van der Waals surface area contributed by atoms with Crippen LogP contribution in [-0.2, 0) is 30.7 Å². The number of hydrogen-bond donors (Lipinski definition) is 1. The molecular weight excluding hydrogens is 358 g/mol. The molecule has 1 amide bonds. The van der Waals surface area contributed by atoms with Crippen molar-refractivity contribution in [2.75, 3.05) is 31.8 Å². The maximum Gasteiger partial charge on any atom is 0.238 e. The standard InChI is InChI=1S/C17H21N3O5S/c1-26(22,23)12-15(21)20(11-16-24-7-8-25-16)10-14-9-18-19-17(14)13-5-3-2-4-6-13/h2-6,9,16H,7-8,10-12H2,1H3,(H,18,19). The summed E-state index contributed by atoms with van der Waals surface area (Å²) in [7, 11) is -3.44. The minimum Gasteiger partial charge on any atom is -0.348 e. The molecule has 9 heteroatoms. The van der Waals surface area contributed by atoms with Crippen LogP contribution >= 0.6 is 0 Å². The Bertz CT molecular complexity index is 844. The highest BCUT2D eigenvalue weighted by atomic mass is 32.2. The van der Waals surface area contributed by atoms with Gasteiger partial charge in [0, 0.05) is 18.4 Å². The molecule has 1 N–H and O–H groups in total. The number of carbonyl (C=O) groups excluding carboxylic acids is 1. The number of benzene rings is 1. The molecule has 0 aliphatic carbocycles. The number of rotatable bonds is 7. The van der Waals surface area contributed by atoms with E-state index in [0.29, 0.717) is 13.2 Å². The van der Waals surface area contributed by atoms with Crippen molar-refractivity contribution in [3.63, 3.8) is 0 Å². The zero-order valence-electron chi connectivity index (χ0n) is 14.4. The van der Waals surface area contributed by atoms with E-state index in [9.17, 15) is 13.2 Å². The van der Waals surface area contributed by atoms with Gasteiger partial charge in [0.15, 0.2) is 16.1 Å². The van der Waals surface area contributed by atoms with Crippen molar-refractivity contribution < 1.29 is 22.7 Å². The largest absolute Gasteiger partial charge is 0.348 e. The Labute approximate surface area is 152 Å². The molecule has 0 spiro atoms. The molecule has 1 aliphatic rings. The van der Waals surface area contributed by atoms with Gasteiger partial charge < -0.3 is 14.4 Å². The van der Waals surface area contributed by atoms with Crippen molar-refractivity contribution in [1.29, 1.82) is 0 Å². The van der Waals surface area contributed by atoms with Crippen molar-refractivity contribution in [1.82, 2.24) is 15.1 Å². The summed E-state index contributed by atoms with van der Waals surface area (Å²) in [4.78, 5) is 14.0. The second-order valence-electron chi connectivity index (χ2n) is 6.15. The highest BCUT2D eigenvalue weighted by Crippen LogP contribution is 2.22. The number of aromatic nitrogens is 2. The molecule has 2 aromatic rings. The van der Waals surface area contributed by atoms with E-state index in [1.807, 2.05) is 30.3 Å². The second kappa shape index (κ2) is 7.98. The molecule has 140 valence electrons. The van der Waals surface area contributed by atoms with Gasteiger partial charge >= 0.3 is 0 Å². The topological polar surface area (TPSA) is 102 Å². The highest BCUT2D eigenvalue weighted by Gasteiger charge is 2.26. The van der Waals surface area contributed by atoms with Crippen molar-refractivity contribution in [2.24, 2.45) is 0 Å². The monoisotopic (exact) mass is 379 g/mol. The molecule has 1 fully saturated rings. The van der Waals surface area contributed by atoms with Crippen LogP contribution in [0.4, 0.5) is 0 Å². The molecule has 8 nitrogen and oxygen atoms in total. The number of nitrogens with zero attached hydrogens (tertiary/aromatic N) is 2. The zero-order chi connectivity index (χ0) is 18.6. The number of aromatic amines is 1. The first-order valence-corrected chi connectivity index (χ1v) is 10.2. The van der Waals surface area contributed by atoms with E-state index in [1.165, 1.54) is 4.90 Å². The lowest BCUT2D eigenvalue weighted by Crippen LogP contribution is -2.40. The molecule has 26 heavy (non-hydrogen) atoms. The van der Waals surface area contributed by atoms with Gasteiger partial charge in [0.25, 0.3) is 0 Å². The third-order valence-corrected chi connectivity index (χ3v) is 4.71. The van der Waals surface area contributed by atoms with E-state index in [4.69, 9.17) is 9.47 Å². The van der Waals surface area contributed by atoms with Crippen LogP contribution in [-0.4, -0.2) is 67.5 Å². The number of hydrogen-bond acceptors (Lipinski definition) is 6. The van der Waals surface area contributed by atoms with Crippen LogP contribution < -0.4 is 0 Å². The predicted molar refractivity (Wildman–Crippen MR) is 94.8 cm³/mol. The lowest BCUT2D eigenvalue weighted by atomic mass is 10.1. The minimum absolute atomic E-state index is 0.160. The second-order valence-corrected chi connectivity index (χ2v) is 8.29. The Hall–Kier alpha value is -2.23. The zero-order valence-corrected chi connectivity index (χ0v) is 15.2. The van der Waals surface area contributed by atoms with Crippen molar-refractivity contribution in [3.05, 3.63) is 42.1 Å². The van der Waals surface area contributed by atoms with Gasteiger partial charge in [-0.05, 0) is 5.56 Å². The third kappa shape index (κ3) is 4.90. The first-order valence-electron chi connectivity index (χ1n) is 8.19. The van der Waals surface area contributed by atoms with Gasteiger partial charge in [-0.3, -0.25) is 9.89 Å². The molecule has 3 rings (SSSR count). The molecule has 1 saturated heterocycles. The van der Waals surface area contributed by atoms with Gasteiger partial charge in [0.05, 0.1) is 31.6 Å². The maximum atomic E-state index is 12.5. The number of amides is 1. The summed E-state index contributed by atoms with van der Waals surface area (Å²) in [5, 5.41) is 7.01. The molecular formula is C17H21N3O5S. The normalized spacial score (nSPS) is 15.3. The number of nitrogens with one attached hydrogen (secondary N) is 1. The van der Waals surface area contributed by atoms with Gasteiger partial charge in [0.2, 0.25) is 5.91 Å². The van der Waals surface area contributed by atoms with Crippen LogP contribution in [0.1, 0.15) is 5.56 Å². The Morgan fingerprint density at radius 3 is 2.62 bits per heavy atom. The summed E-state index contributed by atoms with van der Waals surface area (Å²) in [6, 6.07) is 9.60. The fourth-order valence-corrected chi connectivity index (χ4v) is 3.39. The molecule has 0 unspecified atom stereocenters. The van der Waals surface area contributed by atoms with Gasteiger partial charge in [-0.15, -0.1) is 0 Å². The van der Waals surface area contributed by atoms with Crippen LogP contribution in [0, 0.1) is 0 Å². The van der Waals surface area contributed by atoms with E-state index >= 15 is 0 Å². The summed E-state index contributed by atoms with van der Waals surface area (Å²) < 4.78 is 33.9. The van der Waals surface area contributed by atoms with Crippen molar-refractivity contribution in [3.8, 4) is 11.3 Å². The Balaban J connectivity index is 1.81. The smallest absolute Gasteiger partial charge is 0.238 e. The molecule has 0 atom stereocenters. The molecule has 1 aliphatic heterocycles. The number of ether oxygens (including phenoxy) is 2. The quantitative estimate of drug-likeness (QED) is 0.764. The number of carbonyl (C=O) groups is 1. The lowest BCUT2D eigenvalue weighted by Gasteiger charge is -2.25. The Kier molecular flexibility index (Phi) is 5.70. The molecule has 0 radical (unpaired) electrons. The SMILES string of the molecule is CS(=O)(=O)CC(=O)N(Cc1cn[nH]c1-c1ccccc1)CC1OCCO1. The Morgan fingerprint density at radius 1 is 1.27 bits per heavy atom. The van der Waals surface area contributed by atoms with Gasteiger partial charge in [-0.1, -0.05) is 30.3 Å². The summed E-state index contributed by atoms with van der Waals surface area (Å²) in [6.45, 7) is 1.28. The van der Waals surface area contributed by atoms with E-state index in [1.54, 1.807) is 6.20 Å². The molecule has 0 saturated carbocycles.